The molecule has 5 rings (SSSR count). The molecule has 4 aromatic rings. The van der Waals surface area contributed by atoms with E-state index in [0.29, 0.717) is 0 Å². The highest BCUT2D eigenvalue weighted by Gasteiger charge is 2.32. The maximum Gasteiger partial charge on any atom is 0.125 e. The Kier molecular flexibility index (Phi) is 3.81. The average molecular weight is 368 g/mol. The molecular weight excluding hydrogens is 348 g/mol. The van der Waals surface area contributed by atoms with E-state index in [-0.39, 0.29) is 0 Å². The van der Waals surface area contributed by atoms with E-state index in [0.717, 1.165) is 52.6 Å². The monoisotopic (exact) mass is 368 g/mol. The van der Waals surface area contributed by atoms with Gasteiger partial charge in [0.1, 0.15) is 5.60 Å². The van der Waals surface area contributed by atoms with Crippen LogP contribution in [0.2, 0.25) is 0 Å². The van der Waals surface area contributed by atoms with Crippen LogP contribution in [0.3, 0.4) is 0 Å². The van der Waals surface area contributed by atoms with E-state index in [9.17, 15) is 5.11 Å². The molecule has 0 unspecified atom stereocenters. The highest BCUT2D eigenvalue weighted by Crippen LogP contribution is 2.32. The molecule has 1 aliphatic carbocycles. The van der Waals surface area contributed by atoms with Crippen LogP contribution in [0, 0.1) is 11.8 Å². The van der Waals surface area contributed by atoms with Crippen LogP contribution in [-0.4, -0.2) is 30.1 Å². The summed E-state index contributed by atoms with van der Waals surface area (Å²) in [6.45, 7) is 0. The van der Waals surface area contributed by atoms with Crippen molar-refractivity contribution in [2.75, 3.05) is 0 Å². The minimum absolute atomic E-state index is 0.755. The minimum Gasteiger partial charge on any atom is -0.378 e. The molecule has 0 spiro atoms. The number of nitrogens with zero attached hydrogens (tertiary/aromatic N) is 4. The second-order valence-electron chi connectivity index (χ2n) is 7.39. The summed E-state index contributed by atoms with van der Waals surface area (Å²) in [7, 11) is 1.92. The molecule has 0 amide bonds. The second-order valence-corrected chi connectivity index (χ2v) is 7.39. The summed E-state index contributed by atoms with van der Waals surface area (Å²) < 4.78 is 3.65. The molecule has 5 heteroatoms. The van der Waals surface area contributed by atoms with Gasteiger partial charge in [0.15, 0.2) is 0 Å². The zero-order valence-electron chi connectivity index (χ0n) is 15.6. The first-order valence-corrected chi connectivity index (χ1v) is 9.43. The van der Waals surface area contributed by atoms with Gasteiger partial charge in [-0.1, -0.05) is 36.1 Å². The van der Waals surface area contributed by atoms with Crippen molar-refractivity contribution >= 4 is 5.52 Å². The highest BCUT2D eigenvalue weighted by atomic mass is 16.3. The summed E-state index contributed by atoms with van der Waals surface area (Å²) in [5, 5.41) is 19.0. The first-order chi connectivity index (χ1) is 13.6. The SMILES string of the molecule is Cn1cc(-c2ccc(-c3cnn4cccc(C#CC5(O)CCC5)c34)cc2)cn1. The smallest absolute Gasteiger partial charge is 0.125 e. The van der Waals surface area contributed by atoms with Crippen LogP contribution in [0.4, 0.5) is 0 Å². The van der Waals surface area contributed by atoms with Gasteiger partial charge in [-0.25, -0.2) is 4.52 Å². The molecule has 0 atom stereocenters. The topological polar surface area (TPSA) is 55.4 Å². The molecule has 138 valence electrons. The van der Waals surface area contributed by atoms with Crippen LogP contribution in [0.15, 0.2) is 61.2 Å². The second kappa shape index (κ2) is 6.36. The fourth-order valence-corrected chi connectivity index (χ4v) is 3.59. The summed E-state index contributed by atoms with van der Waals surface area (Å²) in [5.74, 6) is 6.26. The number of hydrogen-bond donors (Lipinski definition) is 1. The van der Waals surface area contributed by atoms with Crippen molar-refractivity contribution in [3.05, 3.63) is 66.7 Å². The largest absolute Gasteiger partial charge is 0.378 e. The Morgan fingerprint density at radius 1 is 1.00 bits per heavy atom. The van der Waals surface area contributed by atoms with Crippen molar-refractivity contribution < 1.29 is 5.11 Å². The van der Waals surface area contributed by atoms with Crippen LogP contribution in [0.1, 0.15) is 24.8 Å². The first kappa shape index (κ1) is 16.8. The predicted molar refractivity (Wildman–Crippen MR) is 109 cm³/mol. The van der Waals surface area contributed by atoms with Gasteiger partial charge >= 0.3 is 0 Å². The van der Waals surface area contributed by atoms with Crippen molar-refractivity contribution in [3.8, 4) is 34.1 Å². The van der Waals surface area contributed by atoms with E-state index in [4.69, 9.17) is 0 Å². The van der Waals surface area contributed by atoms with Crippen molar-refractivity contribution in [1.29, 1.82) is 0 Å². The zero-order chi connectivity index (χ0) is 19.1. The summed E-state index contributed by atoms with van der Waals surface area (Å²) in [4.78, 5) is 0. The molecule has 1 saturated carbocycles. The molecule has 3 heterocycles. The molecule has 1 aliphatic rings. The molecule has 1 N–H and O–H groups in total. The Balaban J connectivity index is 1.56. The third kappa shape index (κ3) is 2.88. The van der Waals surface area contributed by atoms with Crippen LogP contribution >= 0.6 is 0 Å². The summed E-state index contributed by atoms with van der Waals surface area (Å²) in [6.07, 6.45) is 10.2. The Labute approximate surface area is 163 Å². The van der Waals surface area contributed by atoms with Gasteiger partial charge in [0.25, 0.3) is 0 Å². The van der Waals surface area contributed by atoms with Crippen LogP contribution in [-0.2, 0) is 7.05 Å². The summed E-state index contributed by atoms with van der Waals surface area (Å²) >= 11 is 0. The lowest BCUT2D eigenvalue weighted by molar-refractivity contribution is 0.0240. The summed E-state index contributed by atoms with van der Waals surface area (Å²) in [6, 6.07) is 12.3. The van der Waals surface area contributed by atoms with Gasteiger partial charge in [-0.3, -0.25) is 4.68 Å². The third-order valence-electron chi connectivity index (χ3n) is 5.39. The Hall–Kier alpha value is -3.36. The number of aromatic nitrogens is 4. The van der Waals surface area contributed by atoms with E-state index < -0.39 is 5.60 Å². The number of aliphatic hydroxyl groups is 1. The number of benzene rings is 1. The molecule has 28 heavy (non-hydrogen) atoms. The standard InChI is InChI=1S/C23H20N4O/c1-26-16-20(14-24-26)17-5-7-18(8-6-17)21-15-25-27-13-2-4-19(22(21)27)9-12-23(28)10-3-11-23/h2,4-8,13-16,28H,3,10-11H2,1H3. The first-order valence-electron chi connectivity index (χ1n) is 9.43. The van der Waals surface area contributed by atoms with Gasteiger partial charge in [0.2, 0.25) is 0 Å². The zero-order valence-corrected chi connectivity index (χ0v) is 15.6. The molecule has 0 radical (unpaired) electrons. The quantitative estimate of drug-likeness (QED) is 0.549. The van der Waals surface area contributed by atoms with Gasteiger partial charge in [-0.2, -0.15) is 10.2 Å². The maximum atomic E-state index is 10.3. The Morgan fingerprint density at radius 3 is 2.46 bits per heavy atom. The predicted octanol–water partition coefficient (Wildman–Crippen LogP) is 3.67. The molecule has 3 aromatic heterocycles. The Bertz CT molecular complexity index is 1220. The maximum absolute atomic E-state index is 10.3. The van der Waals surface area contributed by atoms with Crippen LogP contribution in [0.25, 0.3) is 27.8 Å². The van der Waals surface area contributed by atoms with Gasteiger partial charge in [0.05, 0.1) is 23.5 Å². The molecule has 0 saturated heterocycles. The number of hydrogen-bond acceptors (Lipinski definition) is 3. The molecule has 0 aliphatic heterocycles. The lowest BCUT2D eigenvalue weighted by Gasteiger charge is -2.30. The number of pyridine rings is 1. The number of rotatable bonds is 2. The van der Waals surface area contributed by atoms with Gasteiger partial charge in [-0.15, -0.1) is 0 Å². The van der Waals surface area contributed by atoms with Crippen LogP contribution < -0.4 is 0 Å². The fraction of sp³-hybridized carbons (Fsp3) is 0.217. The molecule has 1 aromatic carbocycles. The average Bonchev–Trinajstić information content (AvgIpc) is 3.31. The molecule has 1 fully saturated rings. The van der Waals surface area contributed by atoms with E-state index in [2.05, 4.69) is 46.3 Å². The van der Waals surface area contributed by atoms with E-state index in [1.807, 2.05) is 48.5 Å². The lowest BCUT2D eigenvalue weighted by atomic mass is 9.81. The van der Waals surface area contributed by atoms with Crippen LogP contribution in [0.5, 0.6) is 0 Å². The van der Waals surface area contributed by atoms with E-state index >= 15 is 0 Å². The normalized spacial score (nSPS) is 15.1. The van der Waals surface area contributed by atoms with Crippen molar-refractivity contribution in [1.82, 2.24) is 19.4 Å². The van der Waals surface area contributed by atoms with Crippen molar-refractivity contribution in [2.45, 2.75) is 24.9 Å². The van der Waals surface area contributed by atoms with E-state index in [1.165, 1.54) is 0 Å². The van der Waals surface area contributed by atoms with Gasteiger partial charge in [0, 0.05) is 30.6 Å². The third-order valence-corrected chi connectivity index (χ3v) is 5.39. The minimum atomic E-state index is -0.821. The van der Waals surface area contributed by atoms with Gasteiger partial charge < -0.3 is 5.11 Å². The number of aryl methyl sites for hydroxylation is 1. The fourth-order valence-electron chi connectivity index (χ4n) is 3.59. The molecule has 0 bridgehead atoms. The van der Waals surface area contributed by atoms with Crippen molar-refractivity contribution in [2.24, 2.45) is 7.05 Å². The van der Waals surface area contributed by atoms with Gasteiger partial charge in [-0.05, 0) is 42.5 Å². The molecule has 5 nitrogen and oxygen atoms in total. The molecular formula is C23H20N4O. The van der Waals surface area contributed by atoms with E-state index in [1.54, 1.807) is 4.68 Å². The summed E-state index contributed by atoms with van der Waals surface area (Å²) in [5.41, 5.74) is 5.36. The Morgan fingerprint density at radius 2 is 1.79 bits per heavy atom. The lowest BCUT2D eigenvalue weighted by Crippen LogP contribution is -2.34. The number of fused-ring (bicyclic) bond motifs is 1. The highest BCUT2D eigenvalue weighted by molar-refractivity contribution is 5.85. The van der Waals surface area contributed by atoms with Crippen molar-refractivity contribution in [3.63, 3.8) is 0 Å².